The topological polar surface area (TPSA) is 179 Å². The van der Waals surface area contributed by atoms with Gasteiger partial charge < -0.3 is 38.1 Å². The van der Waals surface area contributed by atoms with Gasteiger partial charge in [-0.15, -0.1) is 0 Å². The Kier molecular flexibility index (Phi) is 13.7. The molecule has 0 spiro atoms. The molecule has 15 nitrogen and oxygen atoms in total. The van der Waals surface area contributed by atoms with E-state index in [4.69, 9.17) is 23.7 Å². The normalized spacial score (nSPS) is 10.5. The average Bonchev–Trinajstić information content (AvgIpc) is 3.10. The Balaban J connectivity index is 1.91. The molecule has 3 rings (SSSR count). The number of para-hydroxylation sites is 2. The van der Waals surface area contributed by atoms with Crippen LogP contribution in [0.15, 0.2) is 60.7 Å². The number of esters is 4. The van der Waals surface area contributed by atoms with Crippen LogP contribution < -0.4 is 19.1 Å². The second kappa shape index (κ2) is 18.1. The van der Waals surface area contributed by atoms with E-state index in [1.807, 2.05) is 0 Å². The third-order valence-corrected chi connectivity index (χ3v) is 6.54. The van der Waals surface area contributed by atoms with Gasteiger partial charge in [0, 0.05) is 6.07 Å². The highest BCUT2D eigenvalue weighted by Gasteiger charge is 2.21. The van der Waals surface area contributed by atoms with Gasteiger partial charge in [0.25, 0.3) is 5.69 Å². The summed E-state index contributed by atoms with van der Waals surface area (Å²) in [6.07, 6.45) is 3.08. The molecule has 0 fully saturated rings. The molecular weight excluding hydrogens is 632 g/mol. The molecule has 3 aromatic carbocycles. The number of anilines is 1. The predicted octanol–water partition coefficient (Wildman–Crippen LogP) is 3.71. The molecular formula is C33H34N2O13. The highest BCUT2D eigenvalue weighted by atomic mass is 16.6. The molecule has 0 atom stereocenters. The average molecular weight is 667 g/mol. The van der Waals surface area contributed by atoms with Crippen molar-refractivity contribution in [1.29, 1.82) is 0 Å². The molecule has 0 aliphatic rings. The summed E-state index contributed by atoms with van der Waals surface area (Å²) in [4.78, 5) is 60.4. The lowest BCUT2D eigenvalue weighted by Gasteiger charge is -2.25. The van der Waals surface area contributed by atoms with Crippen LogP contribution in [-0.4, -0.2) is 90.1 Å². The van der Waals surface area contributed by atoms with Crippen molar-refractivity contribution in [2.75, 3.05) is 66.2 Å². The van der Waals surface area contributed by atoms with E-state index in [0.29, 0.717) is 22.7 Å². The van der Waals surface area contributed by atoms with E-state index in [9.17, 15) is 29.3 Å². The quantitative estimate of drug-likeness (QED) is 0.0508. The van der Waals surface area contributed by atoms with E-state index in [-0.39, 0.29) is 55.5 Å². The number of ether oxygens (including phenoxy) is 7. The first-order valence-electron chi connectivity index (χ1n) is 14.2. The number of carbonyl (C=O) groups is 4. The van der Waals surface area contributed by atoms with Crippen LogP contribution in [0.1, 0.15) is 21.5 Å². The Labute approximate surface area is 275 Å². The molecule has 0 unspecified atom stereocenters. The SMILES string of the molecule is COC(=O)COc1ccccc1OCCOc1cc(C=Cc2ccc(C(=O)OC)cc2[N+](=O)[O-])ccc1N(CC(=O)OC)CC(=O)OC. The Morgan fingerprint density at radius 1 is 0.708 bits per heavy atom. The third kappa shape index (κ3) is 10.5. The van der Waals surface area contributed by atoms with Gasteiger partial charge in [-0.3, -0.25) is 19.7 Å². The highest BCUT2D eigenvalue weighted by Crippen LogP contribution is 2.32. The molecule has 15 heteroatoms. The van der Waals surface area contributed by atoms with Crippen LogP contribution in [0.3, 0.4) is 0 Å². The van der Waals surface area contributed by atoms with Crippen molar-refractivity contribution in [2.24, 2.45) is 0 Å². The van der Waals surface area contributed by atoms with Crippen molar-refractivity contribution < 1.29 is 57.3 Å². The highest BCUT2D eigenvalue weighted by molar-refractivity contribution is 5.91. The van der Waals surface area contributed by atoms with Crippen LogP contribution in [-0.2, 0) is 33.3 Å². The number of nitro groups is 1. The first kappa shape index (κ1) is 36.3. The van der Waals surface area contributed by atoms with Crippen molar-refractivity contribution in [1.82, 2.24) is 0 Å². The smallest absolute Gasteiger partial charge is 0.343 e. The Morgan fingerprint density at radius 3 is 1.90 bits per heavy atom. The van der Waals surface area contributed by atoms with Crippen molar-refractivity contribution in [3.8, 4) is 17.2 Å². The van der Waals surface area contributed by atoms with Crippen molar-refractivity contribution in [3.05, 3.63) is 87.5 Å². The summed E-state index contributed by atoms with van der Waals surface area (Å²) in [6.45, 7) is -0.929. The second-order valence-corrected chi connectivity index (χ2v) is 9.60. The number of rotatable bonds is 17. The van der Waals surface area contributed by atoms with Crippen LogP contribution in [0, 0.1) is 10.1 Å². The number of methoxy groups -OCH3 is 4. The van der Waals surface area contributed by atoms with Crippen molar-refractivity contribution >= 4 is 47.4 Å². The molecule has 0 N–H and O–H groups in total. The second-order valence-electron chi connectivity index (χ2n) is 9.60. The number of nitrogens with zero attached hydrogens (tertiary/aromatic N) is 2. The van der Waals surface area contributed by atoms with Crippen LogP contribution in [0.2, 0.25) is 0 Å². The fraction of sp³-hybridized carbons (Fsp3) is 0.273. The molecule has 0 saturated carbocycles. The number of benzene rings is 3. The molecule has 254 valence electrons. The number of nitro benzene ring substituents is 1. The fourth-order valence-electron chi connectivity index (χ4n) is 4.14. The first-order valence-corrected chi connectivity index (χ1v) is 14.2. The standard InChI is InChI=1S/C33H34N2O13/c1-42-30(36)19-34(20-31(37)43-2)25-14-10-22(9-11-23-12-13-24(33(39)45-4)18-26(23)35(40)41)17-29(25)47-16-15-46-27-7-5-6-8-28(27)48-21-32(38)44-3/h5-14,17-18H,15-16,19-21H2,1-4H3. The molecule has 48 heavy (non-hydrogen) atoms. The summed E-state index contributed by atoms with van der Waals surface area (Å²) in [5.74, 6) is -1.63. The van der Waals surface area contributed by atoms with Crippen LogP contribution in [0.25, 0.3) is 12.2 Å². The largest absolute Gasteiger partial charge is 0.488 e. The van der Waals surface area contributed by atoms with Crippen molar-refractivity contribution in [3.63, 3.8) is 0 Å². The van der Waals surface area contributed by atoms with Gasteiger partial charge in [-0.1, -0.05) is 24.3 Å². The Hall–Kier alpha value is -6.12. The molecule has 0 aliphatic heterocycles. The zero-order chi connectivity index (χ0) is 35.1. The molecule has 0 radical (unpaired) electrons. The number of carbonyl (C=O) groups excluding carboxylic acids is 4. The molecule has 0 heterocycles. The summed E-state index contributed by atoms with van der Waals surface area (Å²) >= 11 is 0. The maximum absolute atomic E-state index is 12.2. The third-order valence-electron chi connectivity index (χ3n) is 6.54. The van der Waals surface area contributed by atoms with Gasteiger partial charge in [0.15, 0.2) is 18.1 Å². The maximum atomic E-state index is 12.2. The molecule has 0 aliphatic carbocycles. The summed E-state index contributed by atoms with van der Waals surface area (Å²) in [6, 6.07) is 15.5. The lowest BCUT2D eigenvalue weighted by molar-refractivity contribution is -0.385. The van der Waals surface area contributed by atoms with Crippen LogP contribution >= 0.6 is 0 Å². The van der Waals surface area contributed by atoms with E-state index < -0.39 is 28.8 Å². The van der Waals surface area contributed by atoms with Gasteiger partial charge in [-0.25, -0.2) is 9.59 Å². The zero-order valence-corrected chi connectivity index (χ0v) is 26.7. The lowest BCUT2D eigenvalue weighted by Crippen LogP contribution is -2.36. The minimum Gasteiger partial charge on any atom is -0.488 e. The number of hydrogen-bond acceptors (Lipinski definition) is 14. The summed E-state index contributed by atoms with van der Waals surface area (Å²) in [5.41, 5.74) is 0.825. The van der Waals surface area contributed by atoms with Gasteiger partial charge in [0.2, 0.25) is 0 Å². The minimum atomic E-state index is -0.712. The van der Waals surface area contributed by atoms with Crippen molar-refractivity contribution in [2.45, 2.75) is 0 Å². The monoisotopic (exact) mass is 666 g/mol. The van der Waals surface area contributed by atoms with E-state index in [1.54, 1.807) is 48.5 Å². The fourth-order valence-corrected chi connectivity index (χ4v) is 4.14. The van der Waals surface area contributed by atoms with Crippen LogP contribution in [0.4, 0.5) is 11.4 Å². The van der Waals surface area contributed by atoms with E-state index in [0.717, 1.165) is 6.07 Å². The number of hydrogen-bond donors (Lipinski definition) is 0. The van der Waals surface area contributed by atoms with E-state index >= 15 is 0 Å². The minimum absolute atomic E-state index is 0.0176. The Morgan fingerprint density at radius 2 is 1.31 bits per heavy atom. The molecule has 0 amide bonds. The van der Waals surface area contributed by atoms with E-state index in [2.05, 4.69) is 9.47 Å². The van der Waals surface area contributed by atoms with Gasteiger partial charge in [-0.05, 0) is 48.0 Å². The zero-order valence-electron chi connectivity index (χ0n) is 26.7. The summed E-state index contributed by atoms with van der Waals surface area (Å²) in [5, 5.41) is 11.7. The molecule has 0 aromatic heterocycles. The molecule has 3 aromatic rings. The lowest BCUT2D eigenvalue weighted by atomic mass is 10.1. The summed E-state index contributed by atoms with van der Waals surface area (Å²) in [7, 11) is 4.85. The first-order chi connectivity index (χ1) is 23.1. The van der Waals surface area contributed by atoms with Gasteiger partial charge in [-0.2, -0.15) is 0 Å². The van der Waals surface area contributed by atoms with Gasteiger partial charge in [0.05, 0.1) is 50.2 Å². The molecule has 0 bridgehead atoms. The van der Waals surface area contributed by atoms with Crippen LogP contribution in [0.5, 0.6) is 17.2 Å². The predicted molar refractivity (Wildman–Crippen MR) is 171 cm³/mol. The molecule has 0 saturated heterocycles. The van der Waals surface area contributed by atoms with Gasteiger partial charge >= 0.3 is 23.9 Å². The Bertz CT molecular complexity index is 1640. The van der Waals surface area contributed by atoms with Gasteiger partial charge in [0.1, 0.15) is 32.1 Å². The summed E-state index contributed by atoms with van der Waals surface area (Å²) < 4.78 is 36.2. The van der Waals surface area contributed by atoms with E-state index in [1.165, 1.54) is 51.5 Å². The maximum Gasteiger partial charge on any atom is 0.343 e.